The van der Waals surface area contributed by atoms with Crippen LogP contribution in [-0.2, 0) is 23.2 Å². The molecule has 7 nitrogen and oxygen atoms in total. The quantitative estimate of drug-likeness (QED) is 0.768. The van der Waals surface area contributed by atoms with Crippen molar-refractivity contribution in [1.82, 2.24) is 14.8 Å². The van der Waals surface area contributed by atoms with Gasteiger partial charge in [0.1, 0.15) is 18.7 Å². The summed E-state index contributed by atoms with van der Waals surface area (Å²) in [6.45, 7) is 2.84. The maximum atomic E-state index is 11.4. The van der Waals surface area contributed by atoms with E-state index in [1.807, 2.05) is 6.92 Å². The lowest BCUT2D eigenvalue weighted by Crippen LogP contribution is -2.12. The largest absolute Gasteiger partial charge is 0.483 e. The fraction of sp³-hybridized carbons (Fsp3) is 0.273. The summed E-state index contributed by atoms with van der Waals surface area (Å²) >= 11 is 6.54. The molecule has 114 valence electrons. The number of sulfonamides is 1. The molecular formula is C11H12Br2N4O3S. The van der Waals surface area contributed by atoms with Gasteiger partial charge in [-0.3, -0.25) is 0 Å². The van der Waals surface area contributed by atoms with Crippen molar-refractivity contribution in [3.05, 3.63) is 33.2 Å². The van der Waals surface area contributed by atoms with E-state index in [0.29, 0.717) is 27.1 Å². The number of hydrogen-bond donors (Lipinski definition) is 1. The molecule has 2 N–H and O–H groups in total. The highest BCUT2D eigenvalue weighted by molar-refractivity contribution is 9.11. The zero-order chi connectivity index (χ0) is 15.6. The van der Waals surface area contributed by atoms with Gasteiger partial charge in [-0.2, -0.15) is 5.10 Å². The summed E-state index contributed by atoms with van der Waals surface area (Å²) in [7, 11) is -3.78. The predicted molar refractivity (Wildman–Crippen MR) is 83.2 cm³/mol. The summed E-state index contributed by atoms with van der Waals surface area (Å²) in [5.41, 5.74) is 0. The summed E-state index contributed by atoms with van der Waals surface area (Å²) in [6.07, 6.45) is 1.45. The van der Waals surface area contributed by atoms with Gasteiger partial charge in [-0.1, -0.05) is 0 Å². The highest BCUT2D eigenvalue weighted by Crippen LogP contribution is 2.36. The average Bonchev–Trinajstić information content (AvgIpc) is 2.84. The predicted octanol–water partition coefficient (Wildman–Crippen LogP) is 2.05. The average molecular weight is 440 g/mol. The summed E-state index contributed by atoms with van der Waals surface area (Å²) < 4.78 is 31.0. The Hall–Kier alpha value is -0.970. The molecule has 1 aromatic carbocycles. The number of halogens is 2. The van der Waals surface area contributed by atoms with Gasteiger partial charge in [-0.15, -0.1) is 0 Å². The molecule has 0 fully saturated rings. The van der Waals surface area contributed by atoms with Crippen molar-refractivity contribution in [2.45, 2.75) is 25.0 Å². The van der Waals surface area contributed by atoms with Crippen LogP contribution < -0.4 is 9.88 Å². The summed E-state index contributed by atoms with van der Waals surface area (Å²) in [6, 6.07) is 2.78. The first kappa shape index (κ1) is 16.4. The first-order chi connectivity index (χ1) is 9.82. The minimum Gasteiger partial charge on any atom is -0.483 e. The second-order valence-electron chi connectivity index (χ2n) is 4.04. The molecule has 0 unspecified atom stereocenters. The molecule has 0 aliphatic heterocycles. The molecule has 0 bridgehead atoms. The topological polar surface area (TPSA) is 100 Å². The lowest BCUT2D eigenvalue weighted by Gasteiger charge is -2.11. The number of nitrogens with two attached hydrogens (primary N) is 1. The fourth-order valence-electron chi connectivity index (χ4n) is 1.64. The monoisotopic (exact) mass is 438 g/mol. The summed E-state index contributed by atoms with van der Waals surface area (Å²) in [5, 5.41) is 9.15. The van der Waals surface area contributed by atoms with Gasteiger partial charge in [0.05, 0.1) is 13.8 Å². The maximum Gasteiger partial charge on any atom is 0.238 e. The fourth-order valence-corrected chi connectivity index (χ4v) is 3.92. The Morgan fingerprint density at radius 2 is 1.95 bits per heavy atom. The lowest BCUT2D eigenvalue weighted by atomic mass is 10.3. The molecule has 0 amide bonds. The number of primary sulfonamides is 1. The van der Waals surface area contributed by atoms with Crippen molar-refractivity contribution >= 4 is 41.9 Å². The zero-order valence-corrected chi connectivity index (χ0v) is 14.9. The van der Waals surface area contributed by atoms with Crippen molar-refractivity contribution in [3.8, 4) is 5.75 Å². The Kier molecular flexibility index (Phi) is 5.02. The van der Waals surface area contributed by atoms with E-state index in [4.69, 9.17) is 9.88 Å². The van der Waals surface area contributed by atoms with Gasteiger partial charge in [0, 0.05) is 6.54 Å². The molecule has 21 heavy (non-hydrogen) atoms. The van der Waals surface area contributed by atoms with Crippen LogP contribution >= 0.6 is 31.9 Å². The molecule has 0 radical (unpaired) electrons. The molecular weight excluding hydrogens is 428 g/mol. The number of hydrogen-bond acceptors (Lipinski definition) is 5. The van der Waals surface area contributed by atoms with Crippen LogP contribution in [0.4, 0.5) is 0 Å². The molecule has 1 heterocycles. The minimum atomic E-state index is -3.78. The minimum absolute atomic E-state index is 0.00896. The Labute approximate surface area is 138 Å². The van der Waals surface area contributed by atoms with Crippen molar-refractivity contribution in [3.63, 3.8) is 0 Å². The van der Waals surface area contributed by atoms with Gasteiger partial charge in [0.15, 0.2) is 5.82 Å². The van der Waals surface area contributed by atoms with E-state index in [2.05, 4.69) is 41.9 Å². The second-order valence-corrected chi connectivity index (χ2v) is 7.31. The molecule has 0 aliphatic rings. The maximum absolute atomic E-state index is 11.4. The zero-order valence-electron chi connectivity index (χ0n) is 11.0. The summed E-state index contributed by atoms with van der Waals surface area (Å²) in [5.74, 6) is 1.14. The van der Waals surface area contributed by atoms with Crippen molar-refractivity contribution in [2.24, 2.45) is 5.14 Å². The van der Waals surface area contributed by atoms with Gasteiger partial charge in [-0.25, -0.2) is 23.2 Å². The van der Waals surface area contributed by atoms with E-state index >= 15 is 0 Å². The number of rotatable bonds is 5. The number of aromatic nitrogens is 3. The van der Waals surface area contributed by atoms with Crippen LogP contribution in [0.2, 0.25) is 0 Å². The van der Waals surface area contributed by atoms with Crippen LogP contribution in [0.5, 0.6) is 5.75 Å². The van der Waals surface area contributed by atoms with Crippen LogP contribution in [-0.4, -0.2) is 23.2 Å². The highest BCUT2D eigenvalue weighted by Gasteiger charge is 2.16. The van der Waals surface area contributed by atoms with Crippen LogP contribution in [0.1, 0.15) is 12.7 Å². The van der Waals surface area contributed by atoms with Gasteiger partial charge in [-0.05, 0) is 50.9 Å². The highest BCUT2D eigenvalue weighted by atomic mass is 79.9. The van der Waals surface area contributed by atoms with Crippen LogP contribution in [0, 0.1) is 0 Å². The third kappa shape index (κ3) is 3.82. The third-order valence-electron chi connectivity index (χ3n) is 2.64. The molecule has 2 rings (SSSR count). The molecule has 2 aromatic rings. The number of aryl methyl sites for hydroxylation is 1. The van der Waals surface area contributed by atoms with Crippen molar-refractivity contribution in [2.75, 3.05) is 0 Å². The lowest BCUT2D eigenvalue weighted by molar-refractivity contribution is 0.283. The molecule has 0 spiro atoms. The Morgan fingerprint density at radius 3 is 2.48 bits per heavy atom. The Bertz CT molecular complexity index is 738. The number of benzene rings is 1. The van der Waals surface area contributed by atoms with E-state index in [-0.39, 0.29) is 11.5 Å². The third-order valence-corrected chi connectivity index (χ3v) is 4.71. The van der Waals surface area contributed by atoms with Crippen molar-refractivity contribution < 1.29 is 13.2 Å². The van der Waals surface area contributed by atoms with E-state index < -0.39 is 10.0 Å². The van der Waals surface area contributed by atoms with E-state index in [0.717, 1.165) is 0 Å². The molecule has 0 saturated carbocycles. The van der Waals surface area contributed by atoms with E-state index in [1.165, 1.54) is 18.5 Å². The van der Waals surface area contributed by atoms with Gasteiger partial charge in [0.25, 0.3) is 0 Å². The number of ether oxygens (including phenoxy) is 1. The molecule has 0 aliphatic carbocycles. The first-order valence-electron chi connectivity index (χ1n) is 5.84. The van der Waals surface area contributed by atoms with Crippen molar-refractivity contribution in [1.29, 1.82) is 0 Å². The molecule has 0 atom stereocenters. The normalized spacial score (nSPS) is 11.6. The van der Waals surface area contributed by atoms with Crippen LogP contribution in [0.25, 0.3) is 0 Å². The van der Waals surface area contributed by atoms with Gasteiger partial charge in [0.2, 0.25) is 10.0 Å². The molecule has 10 heteroatoms. The summed E-state index contributed by atoms with van der Waals surface area (Å²) in [4.78, 5) is 4.09. The van der Waals surface area contributed by atoms with Crippen LogP contribution in [0.15, 0.2) is 32.3 Å². The Morgan fingerprint density at radius 1 is 1.33 bits per heavy atom. The van der Waals surface area contributed by atoms with E-state index in [9.17, 15) is 8.42 Å². The molecule has 1 aromatic heterocycles. The van der Waals surface area contributed by atoms with Gasteiger partial charge < -0.3 is 4.74 Å². The number of nitrogens with zero attached hydrogens (tertiary/aromatic N) is 3. The van der Waals surface area contributed by atoms with Crippen LogP contribution in [0.3, 0.4) is 0 Å². The van der Waals surface area contributed by atoms with E-state index in [1.54, 1.807) is 4.68 Å². The SMILES string of the molecule is CCn1ncnc1COc1c(Br)cc(S(N)(=O)=O)cc1Br. The standard InChI is InChI=1S/C11H12Br2N4O3S/c1-2-17-10(15-6-16-17)5-20-11-8(12)3-7(4-9(11)13)21(14,18)19/h3-4,6H,2,5H2,1H3,(H2,14,18,19). The Balaban J connectivity index is 2.25. The first-order valence-corrected chi connectivity index (χ1v) is 8.97. The molecule has 0 saturated heterocycles. The van der Waals surface area contributed by atoms with Gasteiger partial charge >= 0.3 is 0 Å². The smallest absolute Gasteiger partial charge is 0.238 e. The second kappa shape index (κ2) is 6.42.